The molecule has 0 fully saturated rings. The van der Waals surface area contributed by atoms with Gasteiger partial charge in [0.15, 0.2) is 5.78 Å². The van der Waals surface area contributed by atoms with Crippen molar-refractivity contribution in [3.8, 4) is 0 Å². The number of ketones is 1. The number of allylic oxidation sites excluding steroid dienone is 2. The van der Waals surface area contributed by atoms with E-state index in [1.165, 1.54) is 0 Å². The van der Waals surface area contributed by atoms with E-state index in [1.54, 1.807) is 13.0 Å². The summed E-state index contributed by atoms with van der Waals surface area (Å²) in [7, 11) is 0. The van der Waals surface area contributed by atoms with Crippen LogP contribution in [0.25, 0.3) is 0 Å². The van der Waals surface area contributed by atoms with Gasteiger partial charge in [0, 0.05) is 5.56 Å². The molecule has 100 valence electrons. The fourth-order valence-electron chi connectivity index (χ4n) is 2.46. The van der Waals surface area contributed by atoms with Crippen LogP contribution in [0.15, 0.2) is 35.9 Å². The molecule has 19 heavy (non-hydrogen) atoms. The average molecular weight is 258 g/mol. The molecule has 3 nitrogen and oxygen atoms in total. The van der Waals surface area contributed by atoms with Gasteiger partial charge in [-0.25, -0.2) is 0 Å². The maximum atomic E-state index is 12.4. The molecule has 0 N–H and O–H groups in total. The maximum absolute atomic E-state index is 12.4. The lowest BCUT2D eigenvalue weighted by Crippen LogP contribution is -2.20. The summed E-state index contributed by atoms with van der Waals surface area (Å²) in [5, 5.41) is 0. The van der Waals surface area contributed by atoms with Crippen LogP contribution in [0, 0.1) is 5.92 Å². The topological polar surface area (TPSA) is 43.4 Å². The normalized spacial score (nSPS) is 20.8. The molecule has 1 aromatic carbocycles. The number of Topliss-reactive ketones (excluding diaryl/α,β-unsaturated/α-hetero) is 1. The molecule has 0 saturated carbocycles. The highest BCUT2D eigenvalue weighted by atomic mass is 16.5. The Bertz CT molecular complexity index is 529. The molecule has 0 aliphatic heterocycles. The zero-order valence-corrected chi connectivity index (χ0v) is 11.3. The minimum absolute atomic E-state index is 0.0323. The van der Waals surface area contributed by atoms with Crippen molar-refractivity contribution in [1.82, 2.24) is 0 Å². The fourth-order valence-corrected chi connectivity index (χ4v) is 2.46. The average Bonchev–Trinajstić information content (AvgIpc) is 2.56. The molecule has 1 aliphatic carbocycles. The zero-order chi connectivity index (χ0) is 13.8. The highest BCUT2D eigenvalue weighted by Gasteiger charge is 2.29. The quantitative estimate of drug-likeness (QED) is 0.465. The standard InChI is InChI=1S/C16H18O3/c1-3-11-9-13(16(18)19-4-2)10-12-7-5-6-8-14(12)15(11)17/h3,5-8,13H,4,9-10H2,1-2H3/b11-3+. The number of carbonyl (C=O) groups excluding carboxylic acids is 2. The molecule has 0 spiro atoms. The van der Waals surface area contributed by atoms with Crippen LogP contribution in [-0.2, 0) is 16.0 Å². The van der Waals surface area contributed by atoms with Crippen molar-refractivity contribution in [3.05, 3.63) is 47.0 Å². The Morgan fingerprint density at radius 2 is 2.11 bits per heavy atom. The van der Waals surface area contributed by atoms with Crippen molar-refractivity contribution in [2.75, 3.05) is 6.61 Å². The SMILES string of the molecule is C/C=C1\CC(C(=O)OCC)Cc2ccccc2C1=O. The van der Waals surface area contributed by atoms with Crippen LogP contribution < -0.4 is 0 Å². The molecule has 1 atom stereocenters. The molecule has 0 saturated heterocycles. The second kappa shape index (κ2) is 5.83. The number of hydrogen-bond donors (Lipinski definition) is 0. The van der Waals surface area contributed by atoms with E-state index in [-0.39, 0.29) is 17.7 Å². The third kappa shape index (κ3) is 2.75. The first-order chi connectivity index (χ1) is 9.17. The molecular formula is C16H18O3. The minimum Gasteiger partial charge on any atom is -0.466 e. The third-order valence-corrected chi connectivity index (χ3v) is 3.45. The van der Waals surface area contributed by atoms with Crippen LogP contribution in [-0.4, -0.2) is 18.4 Å². The summed E-state index contributed by atoms with van der Waals surface area (Å²) in [5.41, 5.74) is 2.34. The van der Waals surface area contributed by atoms with Gasteiger partial charge >= 0.3 is 5.97 Å². The van der Waals surface area contributed by atoms with Crippen LogP contribution in [0.3, 0.4) is 0 Å². The lowest BCUT2D eigenvalue weighted by molar-refractivity contribution is -0.147. The molecule has 0 aromatic heterocycles. The van der Waals surface area contributed by atoms with Crippen LogP contribution in [0.2, 0.25) is 0 Å². The Hall–Kier alpha value is -1.90. The largest absolute Gasteiger partial charge is 0.466 e. The van der Waals surface area contributed by atoms with Crippen LogP contribution in [0.4, 0.5) is 0 Å². The summed E-state index contributed by atoms with van der Waals surface area (Å²) in [4.78, 5) is 24.3. The van der Waals surface area contributed by atoms with E-state index >= 15 is 0 Å². The monoisotopic (exact) mass is 258 g/mol. The second-order valence-electron chi connectivity index (χ2n) is 4.66. The molecule has 0 bridgehead atoms. The molecule has 1 aromatic rings. The van der Waals surface area contributed by atoms with E-state index in [4.69, 9.17) is 4.74 Å². The van der Waals surface area contributed by atoms with Crippen molar-refractivity contribution in [3.63, 3.8) is 0 Å². The Morgan fingerprint density at radius 3 is 2.79 bits per heavy atom. The smallest absolute Gasteiger partial charge is 0.309 e. The number of fused-ring (bicyclic) bond motifs is 1. The molecular weight excluding hydrogens is 240 g/mol. The Morgan fingerprint density at radius 1 is 1.37 bits per heavy atom. The predicted molar refractivity (Wildman–Crippen MR) is 73.0 cm³/mol. The predicted octanol–water partition coefficient (Wildman–Crippen LogP) is 2.94. The summed E-state index contributed by atoms with van der Waals surface area (Å²) in [6.07, 6.45) is 2.83. The summed E-state index contributed by atoms with van der Waals surface area (Å²) in [6, 6.07) is 7.50. The van der Waals surface area contributed by atoms with Gasteiger partial charge in [0.1, 0.15) is 0 Å². The fraction of sp³-hybridized carbons (Fsp3) is 0.375. The van der Waals surface area contributed by atoms with Crippen LogP contribution in [0.5, 0.6) is 0 Å². The number of rotatable bonds is 2. The molecule has 0 radical (unpaired) electrons. The molecule has 1 unspecified atom stereocenters. The first kappa shape index (κ1) is 13.5. The van der Waals surface area contributed by atoms with E-state index in [9.17, 15) is 9.59 Å². The van der Waals surface area contributed by atoms with Crippen molar-refractivity contribution in [1.29, 1.82) is 0 Å². The van der Waals surface area contributed by atoms with Crippen molar-refractivity contribution < 1.29 is 14.3 Å². The highest BCUT2D eigenvalue weighted by Crippen LogP contribution is 2.28. The Labute approximate surface area is 113 Å². The van der Waals surface area contributed by atoms with Crippen molar-refractivity contribution in [2.24, 2.45) is 5.92 Å². The van der Waals surface area contributed by atoms with Gasteiger partial charge in [-0.3, -0.25) is 9.59 Å². The van der Waals surface area contributed by atoms with Gasteiger partial charge in [0.05, 0.1) is 12.5 Å². The van der Waals surface area contributed by atoms with Gasteiger partial charge in [0.2, 0.25) is 0 Å². The van der Waals surface area contributed by atoms with E-state index in [0.29, 0.717) is 30.6 Å². The first-order valence-electron chi connectivity index (χ1n) is 6.61. The van der Waals surface area contributed by atoms with E-state index in [1.807, 2.05) is 31.2 Å². The van der Waals surface area contributed by atoms with E-state index in [2.05, 4.69) is 0 Å². The second-order valence-corrected chi connectivity index (χ2v) is 4.66. The van der Waals surface area contributed by atoms with Gasteiger partial charge in [-0.15, -0.1) is 0 Å². The summed E-state index contributed by atoms with van der Waals surface area (Å²) < 4.78 is 5.10. The minimum atomic E-state index is -0.265. The van der Waals surface area contributed by atoms with Gasteiger partial charge in [-0.2, -0.15) is 0 Å². The molecule has 3 heteroatoms. The summed E-state index contributed by atoms with van der Waals surface area (Å²) in [6.45, 7) is 4.00. The van der Waals surface area contributed by atoms with Crippen molar-refractivity contribution in [2.45, 2.75) is 26.7 Å². The van der Waals surface area contributed by atoms with E-state index < -0.39 is 0 Å². The number of carbonyl (C=O) groups is 2. The van der Waals surface area contributed by atoms with Crippen molar-refractivity contribution >= 4 is 11.8 Å². The lowest BCUT2D eigenvalue weighted by Gasteiger charge is -2.13. The molecule has 0 heterocycles. The van der Waals surface area contributed by atoms with Crippen LogP contribution >= 0.6 is 0 Å². The maximum Gasteiger partial charge on any atom is 0.309 e. The van der Waals surface area contributed by atoms with Crippen LogP contribution in [0.1, 0.15) is 36.2 Å². The summed E-state index contributed by atoms with van der Waals surface area (Å²) in [5.74, 6) is -0.449. The van der Waals surface area contributed by atoms with Gasteiger partial charge in [-0.05, 0) is 37.8 Å². The first-order valence-corrected chi connectivity index (χ1v) is 6.61. The Kier molecular flexibility index (Phi) is 4.15. The van der Waals surface area contributed by atoms with Gasteiger partial charge in [-0.1, -0.05) is 30.3 Å². The number of hydrogen-bond acceptors (Lipinski definition) is 3. The lowest BCUT2D eigenvalue weighted by atomic mass is 9.96. The number of ether oxygens (including phenoxy) is 1. The molecule has 0 amide bonds. The van der Waals surface area contributed by atoms with Gasteiger partial charge in [0.25, 0.3) is 0 Å². The zero-order valence-electron chi connectivity index (χ0n) is 11.3. The summed E-state index contributed by atoms with van der Waals surface area (Å²) >= 11 is 0. The van der Waals surface area contributed by atoms with Gasteiger partial charge < -0.3 is 4.74 Å². The number of benzene rings is 1. The Balaban J connectivity index is 2.39. The highest BCUT2D eigenvalue weighted by molar-refractivity contribution is 6.10. The van der Waals surface area contributed by atoms with E-state index in [0.717, 1.165) is 5.56 Å². The molecule has 2 rings (SSSR count). The number of esters is 1. The molecule has 1 aliphatic rings. The third-order valence-electron chi connectivity index (χ3n) is 3.45.